The van der Waals surface area contributed by atoms with Gasteiger partial charge in [0.15, 0.2) is 0 Å². The lowest BCUT2D eigenvalue weighted by atomic mass is 9.78. The molecule has 2 N–H and O–H groups in total. The van der Waals surface area contributed by atoms with E-state index in [1.165, 1.54) is 25.7 Å². The molecular formula is C18H25ClN2. The molecule has 2 atom stereocenters. The SMILES string of the molecule is CC(C)C1CCCCC1NCc1[nH]c2ccccc2c1Cl. The summed E-state index contributed by atoms with van der Waals surface area (Å²) in [6.07, 6.45) is 5.38. The van der Waals surface area contributed by atoms with E-state index in [0.29, 0.717) is 6.04 Å². The van der Waals surface area contributed by atoms with E-state index in [1.807, 2.05) is 12.1 Å². The van der Waals surface area contributed by atoms with E-state index < -0.39 is 0 Å². The lowest BCUT2D eigenvalue weighted by Gasteiger charge is -2.35. The van der Waals surface area contributed by atoms with Crippen LogP contribution in [0.3, 0.4) is 0 Å². The van der Waals surface area contributed by atoms with Gasteiger partial charge in [0.05, 0.1) is 5.02 Å². The van der Waals surface area contributed by atoms with Crippen LogP contribution < -0.4 is 5.32 Å². The summed E-state index contributed by atoms with van der Waals surface area (Å²) < 4.78 is 0. The second-order valence-corrected chi connectivity index (χ2v) is 7.02. The summed E-state index contributed by atoms with van der Waals surface area (Å²) in [5.74, 6) is 1.54. The van der Waals surface area contributed by atoms with Crippen molar-refractivity contribution in [3.05, 3.63) is 35.0 Å². The third-order valence-electron chi connectivity index (χ3n) is 4.93. The molecule has 1 aliphatic carbocycles. The van der Waals surface area contributed by atoms with Crippen molar-refractivity contribution in [1.29, 1.82) is 0 Å². The monoisotopic (exact) mass is 304 g/mol. The Labute approximate surface area is 132 Å². The van der Waals surface area contributed by atoms with Gasteiger partial charge in [-0.2, -0.15) is 0 Å². The maximum atomic E-state index is 6.50. The van der Waals surface area contributed by atoms with Crippen LogP contribution >= 0.6 is 11.6 Å². The average Bonchev–Trinajstić information content (AvgIpc) is 2.82. The average molecular weight is 305 g/mol. The van der Waals surface area contributed by atoms with Crippen molar-refractivity contribution in [2.75, 3.05) is 0 Å². The molecule has 0 amide bonds. The molecule has 2 nitrogen and oxygen atoms in total. The molecule has 1 saturated carbocycles. The van der Waals surface area contributed by atoms with Crippen LogP contribution in [0.4, 0.5) is 0 Å². The van der Waals surface area contributed by atoms with Gasteiger partial charge in [-0.1, -0.05) is 56.5 Å². The second kappa shape index (κ2) is 6.41. The normalized spacial score (nSPS) is 23.0. The topological polar surface area (TPSA) is 27.8 Å². The quantitative estimate of drug-likeness (QED) is 0.805. The number of aromatic nitrogens is 1. The third-order valence-corrected chi connectivity index (χ3v) is 5.36. The van der Waals surface area contributed by atoms with Gasteiger partial charge in [0.2, 0.25) is 0 Å². The van der Waals surface area contributed by atoms with Crippen LogP contribution in [0, 0.1) is 11.8 Å². The summed E-state index contributed by atoms with van der Waals surface area (Å²) in [4.78, 5) is 3.45. The molecule has 3 heteroatoms. The molecule has 0 radical (unpaired) electrons. The van der Waals surface area contributed by atoms with Gasteiger partial charge in [0.1, 0.15) is 0 Å². The van der Waals surface area contributed by atoms with Crippen molar-refractivity contribution >= 4 is 22.5 Å². The van der Waals surface area contributed by atoms with Crippen LogP contribution in [0.15, 0.2) is 24.3 Å². The zero-order valence-corrected chi connectivity index (χ0v) is 13.7. The minimum absolute atomic E-state index is 0.626. The van der Waals surface area contributed by atoms with Crippen LogP contribution in [0.2, 0.25) is 5.02 Å². The van der Waals surface area contributed by atoms with E-state index >= 15 is 0 Å². The van der Waals surface area contributed by atoms with E-state index in [2.05, 4.69) is 36.3 Å². The first-order valence-corrected chi connectivity index (χ1v) is 8.53. The Kier molecular flexibility index (Phi) is 4.56. The number of aromatic amines is 1. The number of H-pyrrole nitrogens is 1. The fourth-order valence-electron chi connectivity index (χ4n) is 3.73. The number of halogens is 1. The number of rotatable bonds is 4. The summed E-state index contributed by atoms with van der Waals surface area (Å²) >= 11 is 6.50. The Bertz CT molecular complexity index is 602. The molecule has 1 heterocycles. The number of para-hydroxylation sites is 1. The maximum absolute atomic E-state index is 6.50. The molecule has 1 aromatic heterocycles. The summed E-state index contributed by atoms with van der Waals surface area (Å²) in [5.41, 5.74) is 2.24. The number of benzene rings is 1. The highest BCUT2D eigenvalue weighted by Gasteiger charge is 2.27. The minimum Gasteiger partial charge on any atom is -0.356 e. The Morgan fingerprint density at radius 1 is 1.24 bits per heavy atom. The van der Waals surface area contributed by atoms with Gasteiger partial charge in [-0.3, -0.25) is 0 Å². The molecule has 1 fully saturated rings. The standard InChI is InChI=1S/C18H25ClN2/c1-12(2)13-7-3-5-9-15(13)20-11-17-18(19)14-8-4-6-10-16(14)21-17/h4,6,8,10,12-13,15,20-21H,3,5,7,9,11H2,1-2H3. The number of hydrogen-bond donors (Lipinski definition) is 2. The summed E-state index contributed by atoms with van der Waals surface area (Å²) in [7, 11) is 0. The van der Waals surface area contributed by atoms with Crippen LogP contribution in [-0.2, 0) is 6.54 Å². The first-order valence-electron chi connectivity index (χ1n) is 8.15. The molecule has 2 aromatic rings. The molecule has 1 aliphatic rings. The highest BCUT2D eigenvalue weighted by Crippen LogP contribution is 2.31. The number of hydrogen-bond acceptors (Lipinski definition) is 1. The van der Waals surface area contributed by atoms with Gasteiger partial charge in [-0.25, -0.2) is 0 Å². The van der Waals surface area contributed by atoms with E-state index in [4.69, 9.17) is 11.6 Å². The van der Waals surface area contributed by atoms with Crippen molar-refractivity contribution in [2.45, 2.75) is 52.1 Å². The number of nitrogens with one attached hydrogen (secondary N) is 2. The predicted molar refractivity (Wildman–Crippen MR) is 90.7 cm³/mol. The van der Waals surface area contributed by atoms with Crippen LogP contribution in [0.25, 0.3) is 10.9 Å². The van der Waals surface area contributed by atoms with Gasteiger partial charge >= 0.3 is 0 Å². The third kappa shape index (κ3) is 3.12. The van der Waals surface area contributed by atoms with Gasteiger partial charge in [0, 0.05) is 29.2 Å². The van der Waals surface area contributed by atoms with Crippen molar-refractivity contribution < 1.29 is 0 Å². The van der Waals surface area contributed by atoms with Crippen LogP contribution in [-0.4, -0.2) is 11.0 Å². The Morgan fingerprint density at radius 3 is 2.76 bits per heavy atom. The molecule has 0 spiro atoms. The van der Waals surface area contributed by atoms with Crippen LogP contribution in [0.5, 0.6) is 0 Å². The Balaban J connectivity index is 1.72. The first kappa shape index (κ1) is 14.9. The van der Waals surface area contributed by atoms with E-state index in [1.54, 1.807) is 0 Å². The Hall–Kier alpha value is -0.990. The second-order valence-electron chi connectivity index (χ2n) is 6.64. The molecular weight excluding hydrogens is 280 g/mol. The van der Waals surface area contributed by atoms with Gasteiger partial charge in [-0.05, 0) is 30.7 Å². The van der Waals surface area contributed by atoms with Gasteiger partial charge in [-0.15, -0.1) is 0 Å². The summed E-state index contributed by atoms with van der Waals surface area (Å²) in [6.45, 7) is 5.53. The molecule has 114 valence electrons. The molecule has 2 unspecified atom stereocenters. The lowest BCUT2D eigenvalue weighted by Crippen LogP contribution is -2.40. The molecule has 0 saturated heterocycles. The maximum Gasteiger partial charge on any atom is 0.0705 e. The highest BCUT2D eigenvalue weighted by molar-refractivity contribution is 6.36. The first-order chi connectivity index (χ1) is 10.2. The van der Waals surface area contributed by atoms with Crippen molar-refractivity contribution in [3.63, 3.8) is 0 Å². The van der Waals surface area contributed by atoms with E-state index in [0.717, 1.165) is 40.0 Å². The molecule has 0 aliphatic heterocycles. The van der Waals surface area contributed by atoms with Crippen molar-refractivity contribution in [2.24, 2.45) is 11.8 Å². The lowest BCUT2D eigenvalue weighted by molar-refractivity contribution is 0.204. The predicted octanol–water partition coefficient (Wildman–Crippen LogP) is 5.13. The molecule has 3 rings (SSSR count). The fraction of sp³-hybridized carbons (Fsp3) is 0.556. The van der Waals surface area contributed by atoms with Gasteiger partial charge in [0.25, 0.3) is 0 Å². The fourth-order valence-corrected chi connectivity index (χ4v) is 4.01. The van der Waals surface area contributed by atoms with E-state index in [9.17, 15) is 0 Å². The zero-order valence-electron chi connectivity index (χ0n) is 13.0. The smallest absolute Gasteiger partial charge is 0.0705 e. The number of fused-ring (bicyclic) bond motifs is 1. The van der Waals surface area contributed by atoms with Crippen molar-refractivity contribution in [1.82, 2.24) is 10.3 Å². The summed E-state index contributed by atoms with van der Waals surface area (Å²) in [5, 5.41) is 5.75. The molecule has 1 aromatic carbocycles. The Morgan fingerprint density at radius 2 is 2.00 bits per heavy atom. The summed E-state index contributed by atoms with van der Waals surface area (Å²) in [6, 6.07) is 8.87. The van der Waals surface area contributed by atoms with E-state index in [-0.39, 0.29) is 0 Å². The zero-order chi connectivity index (χ0) is 14.8. The molecule has 0 bridgehead atoms. The highest BCUT2D eigenvalue weighted by atomic mass is 35.5. The molecule has 21 heavy (non-hydrogen) atoms. The largest absolute Gasteiger partial charge is 0.356 e. The van der Waals surface area contributed by atoms with Gasteiger partial charge < -0.3 is 10.3 Å². The van der Waals surface area contributed by atoms with Crippen LogP contribution in [0.1, 0.15) is 45.2 Å². The minimum atomic E-state index is 0.626. The van der Waals surface area contributed by atoms with Crippen molar-refractivity contribution in [3.8, 4) is 0 Å².